The molecule has 0 bridgehead atoms. The Kier molecular flexibility index (Phi) is 5.36. The zero-order valence-corrected chi connectivity index (χ0v) is 17.1. The van der Waals surface area contributed by atoms with E-state index in [9.17, 15) is 13.2 Å². The van der Waals surface area contributed by atoms with Crippen molar-refractivity contribution in [2.24, 2.45) is 0 Å². The van der Waals surface area contributed by atoms with E-state index in [1.165, 1.54) is 4.31 Å². The molecule has 1 N–H and O–H groups in total. The number of carbonyl (C=O) groups is 1. The molecule has 1 saturated heterocycles. The lowest BCUT2D eigenvalue weighted by molar-refractivity contribution is 0.0935. The van der Waals surface area contributed by atoms with Gasteiger partial charge in [0.1, 0.15) is 13.2 Å². The summed E-state index contributed by atoms with van der Waals surface area (Å²) in [5.74, 6) is 1.29. The van der Waals surface area contributed by atoms with Gasteiger partial charge >= 0.3 is 0 Å². The Hall–Kier alpha value is -2.74. The molecule has 1 amide bonds. The largest absolute Gasteiger partial charge is 0.486 e. The number of rotatable bonds is 5. The summed E-state index contributed by atoms with van der Waals surface area (Å²) in [4.78, 5) is 12.9. The molecule has 2 aliphatic heterocycles. The first kappa shape index (κ1) is 19.6. The second-order valence-electron chi connectivity index (χ2n) is 7.13. The van der Waals surface area contributed by atoms with Gasteiger partial charge in [-0.3, -0.25) is 9.10 Å². The van der Waals surface area contributed by atoms with E-state index in [0.29, 0.717) is 55.4 Å². The van der Waals surface area contributed by atoms with Crippen molar-refractivity contribution in [3.63, 3.8) is 0 Å². The summed E-state index contributed by atoms with van der Waals surface area (Å²) in [7, 11) is -3.29. The molecule has 2 aromatic rings. The fourth-order valence-corrected chi connectivity index (χ4v) is 5.23. The number of amides is 1. The van der Waals surface area contributed by atoms with Gasteiger partial charge in [-0.05, 0) is 48.7 Å². The fraction of sp³-hybridized carbons (Fsp3) is 0.381. The van der Waals surface area contributed by atoms with Crippen LogP contribution in [0.15, 0.2) is 42.5 Å². The maximum Gasteiger partial charge on any atom is 0.251 e. The molecule has 1 atom stereocenters. The van der Waals surface area contributed by atoms with Crippen molar-refractivity contribution in [3.8, 4) is 11.5 Å². The van der Waals surface area contributed by atoms with Crippen LogP contribution in [0.3, 0.4) is 0 Å². The van der Waals surface area contributed by atoms with Gasteiger partial charge in [-0.25, -0.2) is 8.42 Å². The summed E-state index contributed by atoms with van der Waals surface area (Å²) < 4.78 is 36.9. The topological polar surface area (TPSA) is 84.9 Å². The third-order valence-electron chi connectivity index (χ3n) is 5.18. The van der Waals surface area contributed by atoms with Gasteiger partial charge in [-0.1, -0.05) is 19.1 Å². The van der Waals surface area contributed by atoms with Gasteiger partial charge in [0.05, 0.1) is 17.5 Å². The molecule has 8 heteroatoms. The molecular formula is C21H24N2O5S. The third kappa shape index (κ3) is 4.03. The molecule has 0 saturated carbocycles. The van der Waals surface area contributed by atoms with Gasteiger partial charge in [0, 0.05) is 12.1 Å². The minimum atomic E-state index is -3.29. The second kappa shape index (κ2) is 7.94. The highest BCUT2D eigenvalue weighted by atomic mass is 32.2. The Bertz CT molecular complexity index is 1020. The highest BCUT2D eigenvalue weighted by Gasteiger charge is 2.29. The highest BCUT2D eigenvalue weighted by Crippen LogP contribution is 2.33. The number of carbonyl (C=O) groups excluding carboxylic acids is 1. The monoisotopic (exact) mass is 416 g/mol. The number of hydrogen-bond donors (Lipinski definition) is 1. The first-order valence-corrected chi connectivity index (χ1v) is 11.4. The average molecular weight is 416 g/mol. The van der Waals surface area contributed by atoms with Gasteiger partial charge in [0.2, 0.25) is 10.0 Å². The van der Waals surface area contributed by atoms with E-state index in [1.807, 2.05) is 25.1 Å². The summed E-state index contributed by atoms with van der Waals surface area (Å²) in [5, 5.41) is 3.04. The number of benzene rings is 2. The van der Waals surface area contributed by atoms with Gasteiger partial charge in [-0.15, -0.1) is 0 Å². The van der Waals surface area contributed by atoms with E-state index in [0.717, 1.165) is 5.56 Å². The SMILES string of the molecule is CCC(NC(=O)c1cccc(N2CCCS2(=O)=O)c1)c1ccc2c(c1)OCCO2. The summed E-state index contributed by atoms with van der Waals surface area (Å²) in [6, 6.07) is 12.2. The lowest BCUT2D eigenvalue weighted by Gasteiger charge is -2.22. The lowest BCUT2D eigenvalue weighted by atomic mass is 10.0. The number of nitrogens with one attached hydrogen (secondary N) is 1. The molecule has 154 valence electrons. The van der Waals surface area contributed by atoms with Crippen LogP contribution >= 0.6 is 0 Å². The standard InChI is InChI=1S/C21H24N2O5S/c1-2-18(15-7-8-19-20(14-15)28-11-10-27-19)22-21(24)16-5-3-6-17(13-16)23-9-4-12-29(23,25)26/h3,5-8,13-14,18H,2,4,9-12H2,1H3,(H,22,24). The van der Waals surface area contributed by atoms with E-state index >= 15 is 0 Å². The van der Waals surface area contributed by atoms with E-state index in [-0.39, 0.29) is 17.7 Å². The Morgan fingerprint density at radius 2 is 1.93 bits per heavy atom. The molecule has 0 spiro atoms. The van der Waals surface area contributed by atoms with Crippen LogP contribution in [0.4, 0.5) is 5.69 Å². The van der Waals surface area contributed by atoms with Gasteiger partial charge < -0.3 is 14.8 Å². The van der Waals surface area contributed by atoms with Crippen molar-refractivity contribution in [2.75, 3.05) is 29.8 Å². The maximum absolute atomic E-state index is 12.9. The third-order valence-corrected chi connectivity index (χ3v) is 7.05. The molecule has 4 rings (SSSR count). The average Bonchev–Trinajstić information content (AvgIpc) is 3.10. The van der Waals surface area contributed by atoms with Gasteiger partial charge in [0.15, 0.2) is 11.5 Å². The van der Waals surface area contributed by atoms with Crippen molar-refractivity contribution in [2.45, 2.75) is 25.8 Å². The summed E-state index contributed by atoms with van der Waals surface area (Å²) in [5.41, 5.74) is 1.89. The van der Waals surface area contributed by atoms with Crippen LogP contribution in [0.25, 0.3) is 0 Å². The predicted molar refractivity (Wildman–Crippen MR) is 110 cm³/mol. The molecule has 0 aliphatic carbocycles. The quantitative estimate of drug-likeness (QED) is 0.810. The number of nitrogens with zero attached hydrogens (tertiary/aromatic N) is 1. The number of fused-ring (bicyclic) bond motifs is 1. The highest BCUT2D eigenvalue weighted by molar-refractivity contribution is 7.93. The van der Waals surface area contributed by atoms with Gasteiger partial charge in [-0.2, -0.15) is 0 Å². The molecule has 1 unspecified atom stereocenters. The van der Waals surface area contributed by atoms with Crippen LogP contribution in [0.2, 0.25) is 0 Å². The van der Waals surface area contributed by atoms with Crippen molar-refractivity contribution >= 4 is 21.6 Å². The maximum atomic E-state index is 12.9. The number of hydrogen-bond acceptors (Lipinski definition) is 5. The first-order valence-electron chi connectivity index (χ1n) is 9.79. The minimum Gasteiger partial charge on any atom is -0.486 e. The van der Waals surface area contributed by atoms with Crippen molar-refractivity contribution < 1.29 is 22.7 Å². The van der Waals surface area contributed by atoms with E-state index in [4.69, 9.17) is 9.47 Å². The van der Waals surface area contributed by atoms with Crippen LogP contribution in [0, 0.1) is 0 Å². The minimum absolute atomic E-state index is 0.144. The van der Waals surface area contributed by atoms with Gasteiger partial charge in [0.25, 0.3) is 5.91 Å². The number of sulfonamides is 1. The van der Waals surface area contributed by atoms with Crippen molar-refractivity contribution in [3.05, 3.63) is 53.6 Å². The predicted octanol–water partition coefficient (Wildman–Crippen LogP) is 2.88. The van der Waals surface area contributed by atoms with E-state index < -0.39 is 10.0 Å². The van der Waals surface area contributed by atoms with Crippen LogP contribution in [0.5, 0.6) is 11.5 Å². The molecular weight excluding hydrogens is 392 g/mol. The smallest absolute Gasteiger partial charge is 0.251 e. The normalized spacial score (nSPS) is 18.3. The second-order valence-corrected chi connectivity index (χ2v) is 9.14. The number of ether oxygens (including phenoxy) is 2. The van der Waals surface area contributed by atoms with Crippen LogP contribution < -0.4 is 19.1 Å². The Labute approximate surface area is 170 Å². The number of anilines is 1. The van der Waals surface area contributed by atoms with Crippen LogP contribution in [0.1, 0.15) is 41.7 Å². The Morgan fingerprint density at radius 3 is 2.66 bits per heavy atom. The molecule has 29 heavy (non-hydrogen) atoms. The molecule has 2 aromatic carbocycles. The van der Waals surface area contributed by atoms with Crippen molar-refractivity contribution in [1.29, 1.82) is 0 Å². The summed E-state index contributed by atoms with van der Waals surface area (Å²) in [6.07, 6.45) is 1.30. The molecule has 2 aliphatic rings. The molecule has 2 heterocycles. The molecule has 1 fully saturated rings. The van der Waals surface area contributed by atoms with E-state index in [1.54, 1.807) is 24.3 Å². The Balaban J connectivity index is 1.53. The fourth-order valence-electron chi connectivity index (χ4n) is 3.67. The van der Waals surface area contributed by atoms with E-state index in [2.05, 4.69) is 5.32 Å². The summed E-state index contributed by atoms with van der Waals surface area (Å²) >= 11 is 0. The van der Waals surface area contributed by atoms with Crippen LogP contribution in [-0.2, 0) is 10.0 Å². The first-order chi connectivity index (χ1) is 14.0. The van der Waals surface area contributed by atoms with Crippen molar-refractivity contribution in [1.82, 2.24) is 5.32 Å². The molecule has 0 radical (unpaired) electrons. The zero-order valence-electron chi connectivity index (χ0n) is 16.3. The molecule has 7 nitrogen and oxygen atoms in total. The summed E-state index contributed by atoms with van der Waals surface area (Å²) in [6.45, 7) is 3.48. The zero-order chi connectivity index (χ0) is 20.4. The Morgan fingerprint density at radius 1 is 1.14 bits per heavy atom. The molecule has 0 aromatic heterocycles. The van der Waals surface area contributed by atoms with Crippen LogP contribution in [-0.4, -0.2) is 39.8 Å². The lowest BCUT2D eigenvalue weighted by Crippen LogP contribution is -2.29.